The smallest absolute Gasteiger partial charge is 0.271 e. The van der Waals surface area contributed by atoms with E-state index in [4.69, 9.17) is 23.2 Å². The molecule has 0 saturated carbocycles. The molecule has 0 spiro atoms. The Morgan fingerprint density at radius 2 is 1.71 bits per heavy atom. The van der Waals surface area contributed by atoms with Crippen LogP contribution < -0.4 is 5.43 Å². The Balaban J connectivity index is 1.36. The number of hydrogen-bond acceptors (Lipinski definition) is 3. The normalized spacial score (nSPS) is 11.2. The molecule has 0 aliphatic heterocycles. The van der Waals surface area contributed by atoms with Crippen molar-refractivity contribution in [3.05, 3.63) is 117 Å². The average Bonchev–Trinajstić information content (AvgIpc) is 3.11. The molecule has 34 heavy (non-hydrogen) atoms. The molecule has 0 bridgehead atoms. The third-order valence-corrected chi connectivity index (χ3v) is 6.91. The van der Waals surface area contributed by atoms with Gasteiger partial charge in [0, 0.05) is 48.9 Å². The highest BCUT2D eigenvalue weighted by Gasteiger charge is 2.10. The summed E-state index contributed by atoms with van der Waals surface area (Å²) >= 11 is 13.8. The minimum Gasteiger partial charge on any atom is -0.318 e. The van der Waals surface area contributed by atoms with Crippen molar-refractivity contribution < 1.29 is 4.79 Å². The first-order valence-electron chi connectivity index (χ1n) is 10.7. The number of benzene rings is 3. The van der Waals surface area contributed by atoms with Crippen molar-refractivity contribution in [2.45, 2.75) is 24.5 Å². The Hall–Kier alpha value is -2.99. The van der Waals surface area contributed by atoms with Gasteiger partial charge in [-0.1, -0.05) is 41.4 Å². The fourth-order valence-corrected chi connectivity index (χ4v) is 4.77. The predicted octanol–water partition coefficient (Wildman–Crippen LogP) is 7.46. The van der Waals surface area contributed by atoms with Crippen molar-refractivity contribution in [2.75, 3.05) is 0 Å². The maximum absolute atomic E-state index is 12.5. The molecule has 4 rings (SSSR count). The van der Waals surface area contributed by atoms with Crippen LogP contribution in [0.4, 0.5) is 0 Å². The monoisotopic (exact) mass is 507 g/mol. The topological polar surface area (TPSA) is 46.4 Å². The van der Waals surface area contributed by atoms with E-state index >= 15 is 0 Å². The number of hydrazone groups is 1. The van der Waals surface area contributed by atoms with Crippen LogP contribution in [-0.4, -0.2) is 16.7 Å². The number of hydrogen-bond donors (Lipinski definition) is 1. The molecule has 0 atom stereocenters. The molecule has 0 aliphatic carbocycles. The lowest BCUT2D eigenvalue weighted by molar-refractivity contribution is 0.0955. The van der Waals surface area contributed by atoms with Crippen molar-refractivity contribution in [1.29, 1.82) is 0 Å². The number of rotatable bonds is 7. The van der Waals surface area contributed by atoms with Crippen LogP contribution in [0.3, 0.4) is 0 Å². The standard InChI is InChI=1S/C27H23Cl2N3OS/c1-18-14-22(19(2)32(18)25-5-3-4-24(29)15-25)16-30-31-27(33)21-8-6-20(7-9-21)17-34-26-12-10-23(28)11-13-26/h3-16H,17H2,1-2H3,(H,31,33)/b30-16-. The van der Waals surface area contributed by atoms with Crippen LogP contribution in [-0.2, 0) is 5.75 Å². The van der Waals surface area contributed by atoms with Crippen LogP contribution in [0.2, 0.25) is 10.0 Å². The molecule has 0 fully saturated rings. The van der Waals surface area contributed by atoms with E-state index in [1.54, 1.807) is 18.0 Å². The molecule has 4 nitrogen and oxygen atoms in total. The Labute approximate surface area is 213 Å². The molecule has 3 aromatic carbocycles. The van der Waals surface area contributed by atoms with Gasteiger partial charge in [0.25, 0.3) is 5.91 Å². The van der Waals surface area contributed by atoms with Gasteiger partial charge in [-0.15, -0.1) is 11.8 Å². The molecule has 1 amide bonds. The minimum absolute atomic E-state index is 0.253. The largest absolute Gasteiger partial charge is 0.318 e. The van der Waals surface area contributed by atoms with E-state index in [0.717, 1.165) is 43.9 Å². The number of nitrogens with one attached hydrogen (secondary N) is 1. The molecule has 0 radical (unpaired) electrons. The van der Waals surface area contributed by atoms with Gasteiger partial charge < -0.3 is 4.57 Å². The number of aromatic nitrogens is 1. The van der Waals surface area contributed by atoms with Gasteiger partial charge in [0.05, 0.1) is 6.21 Å². The zero-order valence-corrected chi connectivity index (χ0v) is 21.1. The molecule has 7 heteroatoms. The van der Waals surface area contributed by atoms with Crippen molar-refractivity contribution >= 4 is 47.1 Å². The summed E-state index contributed by atoms with van der Waals surface area (Å²) in [6.07, 6.45) is 1.67. The van der Waals surface area contributed by atoms with Gasteiger partial charge in [0.15, 0.2) is 0 Å². The van der Waals surface area contributed by atoms with Gasteiger partial charge in [-0.25, -0.2) is 5.43 Å². The maximum Gasteiger partial charge on any atom is 0.271 e. The third kappa shape index (κ3) is 5.92. The number of amides is 1. The second kappa shape index (κ2) is 11.0. The van der Waals surface area contributed by atoms with E-state index in [2.05, 4.69) is 15.1 Å². The highest BCUT2D eigenvalue weighted by molar-refractivity contribution is 7.98. The third-order valence-electron chi connectivity index (χ3n) is 5.34. The first-order chi connectivity index (χ1) is 16.4. The van der Waals surface area contributed by atoms with Crippen LogP contribution in [0.25, 0.3) is 5.69 Å². The zero-order valence-electron chi connectivity index (χ0n) is 18.8. The summed E-state index contributed by atoms with van der Waals surface area (Å²) in [4.78, 5) is 13.7. The maximum atomic E-state index is 12.5. The molecule has 0 unspecified atom stereocenters. The Morgan fingerprint density at radius 1 is 0.971 bits per heavy atom. The molecule has 172 valence electrons. The lowest BCUT2D eigenvalue weighted by Crippen LogP contribution is -2.17. The van der Waals surface area contributed by atoms with Gasteiger partial charge in [-0.05, 0) is 80.1 Å². The number of aryl methyl sites for hydroxylation is 1. The Morgan fingerprint density at radius 3 is 2.41 bits per heavy atom. The number of nitrogens with zero attached hydrogens (tertiary/aromatic N) is 2. The highest BCUT2D eigenvalue weighted by atomic mass is 35.5. The SMILES string of the molecule is Cc1cc(/C=N\NC(=O)c2ccc(CSc3ccc(Cl)cc3)cc2)c(C)n1-c1cccc(Cl)c1. The van der Waals surface area contributed by atoms with Crippen LogP contribution in [0.1, 0.15) is 32.9 Å². The van der Waals surface area contributed by atoms with Crippen molar-refractivity contribution in [2.24, 2.45) is 5.10 Å². The van der Waals surface area contributed by atoms with E-state index < -0.39 is 0 Å². The van der Waals surface area contributed by atoms with Crippen LogP contribution >= 0.6 is 35.0 Å². The predicted molar refractivity (Wildman–Crippen MR) is 143 cm³/mol. The molecule has 0 saturated heterocycles. The fourth-order valence-electron chi connectivity index (χ4n) is 3.61. The van der Waals surface area contributed by atoms with E-state index in [1.165, 1.54) is 0 Å². The number of carbonyl (C=O) groups excluding carboxylic acids is 1. The molecule has 1 N–H and O–H groups in total. The molecule has 1 aromatic heterocycles. The van der Waals surface area contributed by atoms with Crippen LogP contribution in [0, 0.1) is 13.8 Å². The summed E-state index contributed by atoms with van der Waals surface area (Å²) in [6, 6.07) is 25.0. The summed E-state index contributed by atoms with van der Waals surface area (Å²) in [5, 5.41) is 5.58. The summed E-state index contributed by atoms with van der Waals surface area (Å²) < 4.78 is 2.11. The van der Waals surface area contributed by atoms with Gasteiger partial charge in [-0.2, -0.15) is 5.10 Å². The van der Waals surface area contributed by atoms with Crippen molar-refractivity contribution in [3.8, 4) is 5.69 Å². The number of thioether (sulfide) groups is 1. The lowest BCUT2D eigenvalue weighted by atomic mass is 10.1. The van der Waals surface area contributed by atoms with Gasteiger partial charge in [0.2, 0.25) is 0 Å². The van der Waals surface area contributed by atoms with Gasteiger partial charge in [-0.3, -0.25) is 4.79 Å². The fraction of sp³-hybridized carbons (Fsp3) is 0.111. The summed E-state index contributed by atoms with van der Waals surface area (Å²) in [7, 11) is 0. The van der Waals surface area contributed by atoms with E-state index in [1.807, 2.05) is 92.7 Å². The summed E-state index contributed by atoms with van der Waals surface area (Å²) in [6.45, 7) is 4.04. The second-order valence-electron chi connectivity index (χ2n) is 7.78. The van der Waals surface area contributed by atoms with E-state index in [-0.39, 0.29) is 5.91 Å². The van der Waals surface area contributed by atoms with E-state index in [9.17, 15) is 4.79 Å². The Bertz CT molecular complexity index is 1330. The number of halogens is 2. The van der Waals surface area contributed by atoms with Crippen molar-refractivity contribution in [1.82, 2.24) is 9.99 Å². The first kappa shape index (κ1) is 24.1. The molecule has 1 heterocycles. The summed E-state index contributed by atoms with van der Waals surface area (Å²) in [5.41, 5.74) is 8.29. The first-order valence-corrected chi connectivity index (χ1v) is 12.4. The quantitative estimate of drug-likeness (QED) is 0.160. The van der Waals surface area contributed by atoms with Crippen molar-refractivity contribution in [3.63, 3.8) is 0 Å². The van der Waals surface area contributed by atoms with E-state index in [0.29, 0.717) is 10.6 Å². The average molecular weight is 508 g/mol. The Kier molecular flexibility index (Phi) is 7.78. The zero-order chi connectivity index (χ0) is 24.1. The minimum atomic E-state index is -0.253. The molecule has 0 aliphatic rings. The molecular weight excluding hydrogens is 485 g/mol. The lowest BCUT2D eigenvalue weighted by Gasteiger charge is -2.09. The second-order valence-corrected chi connectivity index (χ2v) is 9.70. The molecule has 4 aromatic rings. The molecular formula is C27H23Cl2N3OS. The number of carbonyl (C=O) groups is 1. The van der Waals surface area contributed by atoms with Crippen LogP contribution in [0.5, 0.6) is 0 Å². The van der Waals surface area contributed by atoms with Gasteiger partial charge >= 0.3 is 0 Å². The van der Waals surface area contributed by atoms with Crippen LogP contribution in [0.15, 0.2) is 88.9 Å². The summed E-state index contributed by atoms with van der Waals surface area (Å²) in [5.74, 6) is 0.556. The van der Waals surface area contributed by atoms with Gasteiger partial charge in [0.1, 0.15) is 0 Å². The highest BCUT2D eigenvalue weighted by Crippen LogP contribution is 2.25.